The van der Waals surface area contributed by atoms with Crippen LogP contribution in [0.15, 0.2) is 42.5 Å². The molecule has 1 aliphatic rings. The van der Waals surface area contributed by atoms with E-state index in [2.05, 4.69) is 5.32 Å². The molecule has 0 atom stereocenters. The molecule has 0 unspecified atom stereocenters. The number of thiophene rings is 1. The van der Waals surface area contributed by atoms with Gasteiger partial charge in [-0.15, -0.1) is 11.3 Å². The molecule has 0 aliphatic carbocycles. The number of carbonyl (C=O) groups excluding carboxylic acids is 2. The summed E-state index contributed by atoms with van der Waals surface area (Å²) in [7, 11) is 0. The standard InChI is InChI=1S/C19H14ClN3O4S/c20-10-3-1-9(2-4-10)16(24)17-15(21)14(18(22)25)19(28-17)23-11-5-6-12-13(7-11)27-8-26-12/h1-7,23H,8,21H2,(H2,22,25). The maximum Gasteiger partial charge on any atom is 0.253 e. The molecule has 0 saturated heterocycles. The van der Waals surface area contributed by atoms with Gasteiger partial charge in [0.1, 0.15) is 9.88 Å². The number of rotatable bonds is 5. The summed E-state index contributed by atoms with van der Waals surface area (Å²) in [5.41, 5.74) is 12.8. The first kappa shape index (κ1) is 18.1. The van der Waals surface area contributed by atoms with Crippen molar-refractivity contribution in [2.75, 3.05) is 17.8 Å². The van der Waals surface area contributed by atoms with Crippen LogP contribution in [0.4, 0.5) is 16.4 Å². The molecule has 2 aromatic carbocycles. The molecule has 0 bridgehead atoms. The van der Waals surface area contributed by atoms with Crippen molar-refractivity contribution < 1.29 is 19.1 Å². The van der Waals surface area contributed by atoms with Crippen LogP contribution in [0.3, 0.4) is 0 Å². The van der Waals surface area contributed by atoms with Crippen molar-refractivity contribution in [1.82, 2.24) is 0 Å². The summed E-state index contributed by atoms with van der Waals surface area (Å²) in [5.74, 6) is 0.158. The van der Waals surface area contributed by atoms with Gasteiger partial charge in [0.15, 0.2) is 11.5 Å². The van der Waals surface area contributed by atoms with Crippen molar-refractivity contribution >= 4 is 51.0 Å². The molecule has 0 fully saturated rings. The minimum Gasteiger partial charge on any atom is -0.454 e. The summed E-state index contributed by atoms with van der Waals surface area (Å²) >= 11 is 6.93. The average Bonchev–Trinajstić information content (AvgIpc) is 3.25. The van der Waals surface area contributed by atoms with Gasteiger partial charge < -0.3 is 26.3 Å². The Morgan fingerprint density at radius 2 is 1.79 bits per heavy atom. The van der Waals surface area contributed by atoms with Crippen LogP contribution in [0, 0.1) is 0 Å². The predicted octanol–water partition coefficient (Wildman–Crippen LogP) is 3.79. The number of amides is 1. The van der Waals surface area contributed by atoms with Gasteiger partial charge in [0.05, 0.1) is 11.3 Å². The van der Waals surface area contributed by atoms with Crippen molar-refractivity contribution in [2.24, 2.45) is 5.73 Å². The molecule has 0 spiro atoms. The SMILES string of the molecule is NC(=O)c1c(Nc2ccc3c(c2)OCO3)sc(C(=O)c2ccc(Cl)cc2)c1N. The number of ether oxygens (including phenoxy) is 2. The van der Waals surface area contributed by atoms with Crippen LogP contribution in [0.25, 0.3) is 0 Å². The van der Waals surface area contributed by atoms with E-state index in [9.17, 15) is 9.59 Å². The number of nitrogens with two attached hydrogens (primary N) is 2. The first-order valence-corrected chi connectivity index (χ1v) is 9.32. The third kappa shape index (κ3) is 3.23. The number of carbonyl (C=O) groups is 2. The molecule has 4 rings (SSSR count). The van der Waals surface area contributed by atoms with Crippen LogP contribution in [0.5, 0.6) is 11.5 Å². The molecule has 0 radical (unpaired) electrons. The smallest absolute Gasteiger partial charge is 0.253 e. The number of ketones is 1. The Morgan fingerprint density at radius 1 is 1.07 bits per heavy atom. The Hall–Kier alpha value is -3.23. The molecule has 1 aromatic heterocycles. The largest absolute Gasteiger partial charge is 0.454 e. The van der Waals surface area contributed by atoms with Crippen LogP contribution in [0.2, 0.25) is 5.02 Å². The van der Waals surface area contributed by atoms with Gasteiger partial charge in [-0.1, -0.05) is 11.6 Å². The van der Waals surface area contributed by atoms with Crippen molar-refractivity contribution in [2.45, 2.75) is 0 Å². The number of nitrogens with one attached hydrogen (secondary N) is 1. The first-order chi connectivity index (χ1) is 13.4. The molecule has 7 nitrogen and oxygen atoms in total. The highest BCUT2D eigenvalue weighted by Crippen LogP contribution is 2.40. The van der Waals surface area contributed by atoms with Crippen LogP contribution in [-0.2, 0) is 0 Å². The number of halogens is 1. The number of nitrogen functional groups attached to an aromatic ring is 1. The summed E-state index contributed by atoms with van der Waals surface area (Å²) in [6.07, 6.45) is 0. The van der Waals surface area contributed by atoms with E-state index < -0.39 is 5.91 Å². The van der Waals surface area contributed by atoms with E-state index in [-0.39, 0.29) is 28.7 Å². The molecule has 2 heterocycles. The van der Waals surface area contributed by atoms with Gasteiger partial charge in [-0.2, -0.15) is 0 Å². The van der Waals surface area contributed by atoms with E-state index in [1.165, 1.54) is 0 Å². The van der Waals surface area contributed by atoms with Crippen LogP contribution in [-0.4, -0.2) is 18.5 Å². The number of primary amides is 1. The predicted molar refractivity (Wildman–Crippen MR) is 108 cm³/mol. The third-order valence-corrected chi connectivity index (χ3v) is 5.51. The van der Waals surface area contributed by atoms with Gasteiger partial charge in [0.2, 0.25) is 12.6 Å². The minimum atomic E-state index is -0.729. The number of benzene rings is 2. The second kappa shape index (κ2) is 7.06. The molecule has 0 saturated carbocycles. The lowest BCUT2D eigenvalue weighted by atomic mass is 10.1. The van der Waals surface area contributed by atoms with E-state index in [0.717, 1.165) is 11.3 Å². The fourth-order valence-electron chi connectivity index (χ4n) is 2.78. The van der Waals surface area contributed by atoms with Crippen LogP contribution >= 0.6 is 22.9 Å². The van der Waals surface area contributed by atoms with Crippen molar-refractivity contribution in [1.29, 1.82) is 0 Å². The molecule has 3 aromatic rings. The van der Waals surface area contributed by atoms with E-state index in [0.29, 0.717) is 32.8 Å². The van der Waals surface area contributed by atoms with Gasteiger partial charge in [-0.3, -0.25) is 9.59 Å². The molecule has 1 aliphatic heterocycles. The summed E-state index contributed by atoms with van der Waals surface area (Å²) in [6, 6.07) is 11.6. The topological polar surface area (TPSA) is 117 Å². The van der Waals surface area contributed by atoms with E-state index in [1.54, 1.807) is 42.5 Å². The normalized spacial score (nSPS) is 12.0. The Balaban J connectivity index is 1.71. The molecule has 5 N–H and O–H groups in total. The number of fused-ring (bicyclic) bond motifs is 1. The number of hydrogen-bond acceptors (Lipinski definition) is 7. The Bertz CT molecular complexity index is 1100. The van der Waals surface area contributed by atoms with Crippen LogP contribution < -0.4 is 26.3 Å². The average molecular weight is 416 g/mol. The van der Waals surface area contributed by atoms with E-state index >= 15 is 0 Å². The summed E-state index contributed by atoms with van der Waals surface area (Å²) in [6.45, 7) is 0.150. The highest BCUT2D eigenvalue weighted by Gasteiger charge is 2.25. The van der Waals surface area contributed by atoms with Gasteiger partial charge in [-0.25, -0.2) is 0 Å². The number of hydrogen-bond donors (Lipinski definition) is 3. The molecule has 9 heteroatoms. The molecular weight excluding hydrogens is 402 g/mol. The zero-order valence-corrected chi connectivity index (χ0v) is 15.9. The first-order valence-electron chi connectivity index (χ1n) is 8.13. The summed E-state index contributed by atoms with van der Waals surface area (Å²) in [5, 5.41) is 3.98. The lowest BCUT2D eigenvalue weighted by molar-refractivity contribution is 0.100. The van der Waals surface area contributed by atoms with Crippen molar-refractivity contribution in [3.05, 3.63) is 63.5 Å². The Morgan fingerprint density at radius 3 is 2.50 bits per heavy atom. The highest BCUT2D eigenvalue weighted by atomic mass is 35.5. The molecule has 142 valence electrons. The number of anilines is 3. The highest BCUT2D eigenvalue weighted by molar-refractivity contribution is 7.19. The summed E-state index contributed by atoms with van der Waals surface area (Å²) < 4.78 is 10.6. The Kier molecular flexibility index (Phi) is 4.58. The quantitative estimate of drug-likeness (QED) is 0.546. The van der Waals surface area contributed by atoms with E-state index in [1.807, 2.05) is 0 Å². The van der Waals surface area contributed by atoms with Gasteiger partial charge in [0.25, 0.3) is 5.91 Å². The van der Waals surface area contributed by atoms with Gasteiger partial charge in [-0.05, 0) is 36.4 Å². The fraction of sp³-hybridized carbons (Fsp3) is 0.0526. The molecular formula is C19H14ClN3O4S. The summed E-state index contributed by atoms with van der Waals surface area (Å²) in [4.78, 5) is 25.0. The maximum absolute atomic E-state index is 12.8. The zero-order chi connectivity index (χ0) is 19.8. The second-order valence-corrected chi connectivity index (χ2v) is 7.40. The zero-order valence-electron chi connectivity index (χ0n) is 14.3. The minimum absolute atomic E-state index is 0.0423. The Labute approximate surface area is 168 Å². The fourth-order valence-corrected chi connectivity index (χ4v) is 4.02. The van der Waals surface area contributed by atoms with Crippen molar-refractivity contribution in [3.63, 3.8) is 0 Å². The van der Waals surface area contributed by atoms with E-state index in [4.69, 9.17) is 32.5 Å². The van der Waals surface area contributed by atoms with Gasteiger partial charge in [0, 0.05) is 22.3 Å². The molecule has 28 heavy (non-hydrogen) atoms. The lowest BCUT2D eigenvalue weighted by Crippen LogP contribution is -2.14. The maximum atomic E-state index is 12.8. The van der Waals surface area contributed by atoms with Crippen molar-refractivity contribution in [3.8, 4) is 11.5 Å². The lowest BCUT2D eigenvalue weighted by Gasteiger charge is -2.06. The molecule has 1 amide bonds. The monoisotopic (exact) mass is 415 g/mol. The van der Waals surface area contributed by atoms with Gasteiger partial charge >= 0.3 is 0 Å². The van der Waals surface area contributed by atoms with Crippen LogP contribution in [0.1, 0.15) is 25.6 Å². The third-order valence-electron chi connectivity index (χ3n) is 4.13. The second-order valence-electron chi connectivity index (χ2n) is 5.94.